The molecular formula is C31H27N9O. The number of hydrogen-bond donors (Lipinski definition) is 3. The van der Waals surface area contributed by atoms with Crippen molar-refractivity contribution in [3.05, 3.63) is 84.7 Å². The predicted molar refractivity (Wildman–Crippen MR) is 155 cm³/mol. The molecule has 202 valence electrons. The van der Waals surface area contributed by atoms with Crippen molar-refractivity contribution in [1.29, 1.82) is 0 Å². The summed E-state index contributed by atoms with van der Waals surface area (Å²) in [4.78, 5) is 18.5. The van der Waals surface area contributed by atoms with Gasteiger partial charge in [0.15, 0.2) is 17.1 Å². The van der Waals surface area contributed by atoms with Gasteiger partial charge in [0.1, 0.15) is 5.52 Å². The van der Waals surface area contributed by atoms with Gasteiger partial charge in [0.2, 0.25) is 5.95 Å². The number of fused-ring (bicyclic) bond motifs is 3. The van der Waals surface area contributed by atoms with Gasteiger partial charge in [0.05, 0.1) is 22.6 Å². The Morgan fingerprint density at radius 1 is 0.780 bits per heavy atom. The number of hydrogen-bond acceptors (Lipinski definition) is 9. The van der Waals surface area contributed by atoms with Gasteiger partial charge in [-0.3, -0.25) is 4.40 Å². The monoisotopic (exact) mass is 541 g/mol. The van der Waals surface area contributed by atoms with Crippen molar-refractivity contribution in [3.8, 4) is 33.9 Å². The fourth-order valence-corrected chi connectivity index (χ4v) is 6.24. The maximum atomic E-state index is 10.9. The van der Waals surface area contributed by atoms with E-state index >= 15 is 0 Å². The van der Waals surface area contributed by atoms with Crippen LogP contribution in [0.1, 0.15) is 31.2 Å². The summed E-state index contributed by atoms with van der Waals surface area (Å²) in [6.07, 6.45) is 6.65. The van der Waals surface area contributed by atoms with Crippen LogP contribution in [-0.4, -0.2) is 45.2 Å². The first-order valence-corrected chi connectivity index (χ1v) is 13.7. The van der Waals surface area contributed by atoms with Gasteiger partial charge < -0.3 is 16.6 Å². The molecule has 0 radical (unpaired) electrons. The zero-order chi connectivity index (χ0) is 27.8. The molecule has 5 N–H and O–H groups in total. The molecule has 2 saturated carbocycles. The highest BCUT2D eigenvalue weighted by molar-refractivity contribution is 5.87. The summed E-state index contributed by atoms with van der Waals surface area (Å²) in [6.45, 7) is 0. The highest BCUT2D eigenvalue weighted by atomic mass is 16.3. The molecular weight excluding hydrogens is 514 g/mol. The summed E-state index contributed by atoms with van der Waals surface area (Å²) in [6, 6.07) is 22.0. The van der Waals surface area contributed by atoms with Gasteiger partial charge >= 0.3 is 0 Å². The number of benzene rings is 2. The average Bonchev–Trinajstić information content (AvgIpc) is 3.76. The summed E-state index contributed by atoms with van der Waals surface area (Å²) in [7, 11) is 0. The van der Waals surface area contributed by atoms with Crippen molar-refractivity contribution in [2.75, 3.05) is 5.73 Å². The second kappa shape index (κ2) is 8.60. The van der Waals surface area contributed by atoms with Crippen LogP contribution >= 0.6 is 0 Å². The van der Waals surface area contributed by atoms with E-state index in [9.17, 15) is 5.11 Å². The van der Waals surface area contributed by atoms with E-state index in [0.717, 1.165) is 40.9 Å². The Balaban J connectivity index is 1.26. The lowest BCUT2D eigenvalue weighted by Gasteiger charge is -2.52. The minimum absolute atomic E-state index is 0.186. The third-order valence-electron chi connectivity index (χ3n) is 8.48. The van der Waals surface area contributed by atoms with E-state index in [1.807, 2.05) is 46.9 Å². The van der Waals surface area contributed by atoms with Crippen molar-refractivity contribution in [3.63, 3.8) is 0 Å². The Morgan fingerprint density at radius 3 is 2.17 bits per heavy atom. The Bertz CT molecular complexity index is 1930. The van der Waals surface area contributed by atoms with E-state index in [2.05, 4.69) is 44.4 Å². The van der Waals surface area contributed by atoms with Crippen LogP contribution in [0.4, 0.5) is 5.95 Å². The number of aliphatic hydroxyl groups is 1. The lowest BCUT2D eigenvalue weighted by atomic mass is 9.60. The summed E-state index contributed by atoms with van der Waals surface area (Å²) in [5.41, 5.74) is 18.3. The van der Waals surface area contributed by atoms with Crippen LogP contribution in [0.5, 0.6) is 0 Å². The molecule has 2 aliphatic rings. The normalized spacial score (nSPS) is 22.2. The van der Waals surface area contributed by atoms with Crippen molar-refractivity contribution >= 4 is 22.8 Å². The lowest BCUT2D eigenvalue weighted by Crippen LogP contribution is -2.60. The zero-order valence-electron chi connectivity index (χ0n) is 22.1. The van der Waals surface area contributed by atoms with E-state index in [1.165, 1.54) is 0 Å². The lowest BCUT2D eigenvalue weighted by molar-refractivity contribution is -0.106. The maximum Gasteiger partial charge on any atom is 0.219 e. The molecule has 0 bridgehead atoms. The fraction of sp³-hybridized carbons (Fsp3) is 0.226. The number of anilines is 1. The molecule has 4 aromatic heterocycles. The molecule has 0 amide bonds. The summed E-state index contributed by atoms with van der Waals surface area (Å²) < 4.78 is 1.87. The van der Waals surface area contributed by atoms with Gasteiger partial charge in [-0.1, -0.05) is 54.6 Å². The van der Waals surface area contributed by atoms with Crippen LogP contribution in [0.15, 0.2) is 79.1 Å². The number of rotatable bonds is 5. The van der Waals surface area contributed by atoms with Gasteiger partial charge in [-0.2, -0.15) is 0 Å². The third kappa shape index (κ3) is 3.86. The van der Waals surface area contributed by atoms with Gasteiger partial charge in [-0.25, -0.2) is 19.9 Å². The van der Waals surface area contributed by atoms with Crippen molar-refractivity contribution in [2.45, 2.75) is 36.8 Å². The molecule has 2 aromatic carbocycles. The first kappa shape index (κ1) is 24.0. The zero-order valence-corrected chi connectivity index (χ0v) is 22.1. The van der Waals surface area contributed by atoms with Crippen LogP contribution in [-0.2, 0) is 5.54 Å². The topological polar surface area (TPSA) is 154 Å². The Hall–Kier alpha value is -4.80. The van der Waals surface area contributed by atoms with Crippen LogP contribution in [0.25, 0.3) is 50.7 Å². The minimum atomic E-state index is -0.609. The van der Waals surface area contributed by atoms with E-state index in [-0.39, 0.29) is 5.95 Å². The van der Waals surface area contributed by atoms with Crippen molar-refractivity contribution in [1.82, 2.24) is 34.5 Å². The Kier molecular flexibility index (Phi) is 5.04. The molecule has 10 heteroatoms. The largest absolute Gasteiger partial charge is 0.389 e. The van der Waals surface area contributed by atoms with Crippen LogP contribution in [0, 0.1) is 5.92 Å². The Morgan fingerprint density at radius 2 is 1.46 bits per heavy atom. The molecule has 2 fully saturated rings. The van der Waals surface area contributed by atoms with Gasteiger partial charge in [-0.05, 0) is 49.3 Å². The molecule has 4 heterocycles. The van der Waals surface area contributed by atoms with Gasteiger partial charge in [0.25, 0.3) is 0 Å². The Labute approximate surface area is 235 Å². The summed E-state index contributed by atoms with van der Waals surface area (Å²) in [5.74, 6) is 1.15. The molecule has 2 aliphatic carbocycles. The molecule has 10 nitrogen and oxygen atoms in total. The first-order chi connectivity index (χ1) is 19.9. The average molecular weight is 542 g/mol. The predicted octanol–water partition coefficient (Wildman–Crippen LogP) is 4.13. The standard InChI is InChI=1S/C31H27N9O/c32-29-34-14-20(15-35-29)27-39-38-24-13-12-23-28(40(24)27)37-26(18-4-2-1-3-5-18)25(36-23)19-6-8-21(9-7-19)30(33)16-31(41,17-30)22-10-11-22/h1-9,12-15,22,41H,10-11,16-17,33H2,(H2,32,34,35). The second-order valence-electron chi connectivity index (χ2n) is 11.3. The van der Waals surface area contributed by atoms with E-state index in [0.29, 0.717) is 47.0 Å². The van der Waals surface area contributed by atoms with E-state index in [4.69, 9.17) is 21.4 Å². The molecule has 41 heavy (non-hydrogen) atoms. The quantitative estimate of drug-likeness (QED) is 0.292. The number of pyridine rings is 1. The molecule has 0 unspecified atom stereocenters. The van der Waals surface area contributed by atoms with Gasteiger partial charge in [-0.15, -0.1) is 10.2 Å². The second-order valence-corrected chi connectivity index (χ2v) is 11.3. The van der Waals surface area contributed by atoms with E-state index in [1.54, 1.807) is 12.4 Å². The molecule has 0 saturated heterocycles. The molecule has 0 aliphatic heterocycles. The third-order valence-corrected chi connectivity index (χ3v) is 8.48. The molecule has 0 atom stereocenters. The number of aromatic nitrogens is 7. The summed E-state index contributed by atoms with van der Waals surface area (Å²) >= 11 is 0. The number of nitrogens with zero attached hydrogens (tertiary/aromatic N) is 7. The fourth-order valence-electron chi connectivity index (χ4n) is 6.24. The SMILES string of the molecule is Nc1ncc(-c2nnc3ccc4nc(-c5ccc(C6(N)CC(O)(C7CC7)C6)cc5)c(-c5ccccc5)nc4n23)cn1. The number of nitrogens with two attached hydrogens (primary N) is 2. The molecule has 8 rings (SSSR count). The highest BCUT2D eigenvalue weighted by Crippen LogP contribution is 2.57. The van der Waals surface area contributed by atoms with E-state index < -0.39 is 11.1 Å². The minimum Gasteiger partial charge on any atom is -0.389 e. The van der Waals surface area contributed by atoms with Crippen molar-refractivity contribution < 1.29 is 5.11 Å². The molecule has 0 spiro atoms. The van der Waals surface area contributed by atoms with Crippen molar-refractivity contribution in [2.24, 2.45) is 11.7 Å². The number of nitrogen functional groups attached to an aromatic ring is 1. The summed E-state index contributed by atoms with van der Waals surface area (Å²) in [5, 5.41) is 19.6. The van der Waals surface area contributed by atoms with Crippen LogP contribution in [0.2, 0.25) is 0 Å². The maximum absolute atomic E-state index is 10.9. The molecule has 6 aromatic rings. The van der Waals surface area contributed by atoms with Gasteiger partial charge in [0, 0.05) is 29.1 Å². The van der Waals surface area contributed by atoms with Crippen LogP contribution < -0.4 is 11.5 Å². The first-order valence-electron chi connectivity index (χ1n) is 13.7. The smallest absolute Gasteiger partial charge is 0.219 e. The van der Waals surface area contributed by atoms with Crippen LogP contribution in [0.3, 0.4) is 0 Å². The highest BCUT2D eigenvalue weighted by Gasteiger charge is 2.58.